The van der Waals surface area contributed by atoms with E-state index in [-0.39, 0.29) is 23.9 Å². The second-order valence-corrected chi connectivity index (χ2v) is 9.10. The van der Waals surface area contributed by atoms with Crippen LogP contribution in [0.4, 0.5) is 4.39 Å². The van der Waals surface area contributed by atoms with Crippen molar-refractivity contribution in [2.75, 3.05) is 6.86 Å². The third-order valence-electron chi connectivity index (χ3n) is 6.53. The summed E-state index contributed by atoms with van der Waals surface area (Å²) in [6, 6.07) is 18.7. The molecular weight excluding hydrogens is 459 g/mol. The average Bonchev–Trinajstić information content (AvgIpc) is 3.67. The van der Waals surface area contributed by atoms with Gasteiger partial charge in [0.05, 0.1) is 5.71 Å². The van der Waals surface area contributed by atoms with Crippen molar-refractivity contribution in [3.63, 3.8) is 0 Å². The van der Waals surface area contributed by atoms with Crippen LogP contribution in [0.1, 0.15) is 35.1 Å². The van der Waals surface area contributed by atoms with E-state index < -0.39 is 12.5 Å². The predicted octanol–water partition coefficient (Wildman–Crippen LogP) is 3.76. The highest BCUT2D eigenvalue weighted by Crippen LogP contribution is 2.44. The molecule has 0 saturated heterocycles. The number of H-pyrrole nitrogens is 1. The normalized spacial score (nSPS) is 18.6. The van der Waals surface area contributed by atoms with E-state index in [1.54, 1.807) is 30.6 Å². The summed E-state index contributed by atoms with van der Waals surface area (Å²) >= 11 is 0. The van der Waals surface area contributed by atoms with Gasteiger partial charge in [0.1, 0.15) is 5.75 Å². The number of carbonyl (C=O) groups is 1. The zero-order chi connectivity index (χ0) is 25.0. The first kappa shape index (κ1) is 23.7. The lowest BCUT2D eigenvalue weighted by molar-refractivity contribution is -0.126. The van der Waals surface area contributed by atoms with E-state index in [1.165, 1.54) is 0 Å². The molecule has 1 fully saturated rings. The van der Waals surface area contributed by atoms with Crippen LogP contribution in [0.3, 0.4) is 0 Å². The van der Waals surface area contributed by atoms with Gasteiger partial charge in [0.15, 0.2) is 0 Å². The van der Waals surface area contributed by atoms with Gasteiger partial charge in [0.2, 0.25) is 12.5 Å². The molecule has 184 valence electrons. The Morgan fingerprint density at radius 2 is 1.75 bits per heavy atom. The zero-order valence-electron chi connectivity index (χ0n) is 19.7. The summed E-state index contributed by atoms with van der Waals surface area (Å²) < 4.78 is 17.7. The van der Waals surface area contributed by atoms with E-state index in [2.05, 4.69) is 15.3 Å². The van der Waals surface area contributed by atoms with Crippen molar-refractivity contribution in [3.05, 3.63) is 99.5 Å². The van der Waals surface area contributed by atoms with Crippen molar-refractivity contribution in [3.8, 4) is 5.75 Å². The molecule has 2 heterocycles. The number of ether oxygens (including phenoxy) is 1. The molecule has 8 heteroatoms. The zero-order valence-corrected chi connectivity index (χ0v) is 19.7. The van der Waals surface area contributed by atoms with Crippen LogP contribution in [0.25, 0.3) is 0 Å². The lowest BCUT2D eigenvalue weighted by atomic mass is 10.0. The standard InChI is InChI=1S/C28H27FN4O3/c29-18-36-25-6-2-1-4-22(25)16-31-27(35)28(23-11-12-23)32-17-24(33-28)15-20-9-7-19(8-10-20)14-21-5-3-13-30-26(21)34/h1-10,13,17,23H,11-12,14-16,18H2,(H,30,34)(H,31,35). The summed E-state index contributed by atoms with van der Waals surface area (Å²) in [6.07, 6.45) is 6.25. The number of aromatic nitrogens is 1. The van der Waals surface area contributed by atoms with Crippen LogP contribution in [-0.2, 0) is 24.2 Å². The number of hydrogen-bond donors (Lipinski definition) is 2. The summed E-state index contributed by atoms with van der Waals surface area (Å²) in [6.45, 7) is -0.726. The fraction of sp³-hybridized carbons (Fsp3) is 0.286. The van der Waals surface area contributed by atoms with Crippen LogP contribution in [0.5, 0.6) is 5.75 Å². The van der Waals surface area contributed by atoms with Gasteiger partial charge in [-0.3, -0.25) is 14.6 Å². The Morgan fingerprint density at radius 3 is 2.47 bits per heavy atom. The first-order valence-corrected chi connectivity index (χ1v) is 12.0. The van der Waals surface area contributed by atoms with E-state index >= 15 is 0 Å². The molecule has 2 N–H and O–H groups in total. The summed E-state index contributed by atoms with van der Waals surface area (Å²) in [5, 5.41) is 2.93. The molecule has 1 aliphatic carbocycles. The molecule has 1 atom stereocenters. The maximum Gasteiger partial charge on any atom is 0.270 e. The number of para-hydroxylation sites is 1. The minimum Gasteiger partial charge on any atom is -0.463 e. The highest BCUT2D eigenvalue weighted by atomic mass is 19.1. The number of halogens is 1. The van der Waals surface area contributed by atoms with Gasteiger partial charge >= 0.3 is 0 Å². The second kappa shape index (κ2) is 10.3. The van der Waals surface area contributed by atoms with Gasteiger partial charge < -0.3 is 15.0 Å². The van der Waals surface area contributed by atoms with Crippen molar-refractivity contribution < 1.29 is 13.9 Å². The molecule has 5 rings (SSSR count). The van der Waals surface area contributed by atoms with Gasteiger partial charge in [0.25, 0.3) is 11.5 Å². The van der Waals surface area contributed by atoms with Gasteiger partial charge in [-0.2, -0.15) is 0 Å². The number of amides is 1. The Balaban J connectivity index is 1.25. The van der Waals surface area contributed by atoms with Crippen molar-refractivity contribution in [1.82, 2.24) is 10.3 Å². The fourth-order valence-electron chi connectivity index (χ4n) is 4.47. The molecular formula is C28H27FN4O3. The summed E-state index contributed by atoms with van der Waals surface area (Å²) in [5.41, 5.74) is 3.04. The maximum absolute atomic E-state index is 13.3. The van der Waals surface area contributed by atoms with E-state index in [1.807, 2.05) is 42.5 Å². The van der Waals surface area contributed by atoms with Crippen molar-refractivity contribution in [2.24, 2.45) is 15.9 Å². The topological polar surface area (TPSA) is 95.9 Å². The number of benzene rings is 2. The van der Waals surface area contributed by atoms with Crippen LogP contribution < -0.4 is 15.6 Å². The molecule has 2 aliphatic rings. The lowest BCUT2D eigenvalue weighted by Crippen LogP contribution is -2.44. The molecule has 1 unspecified atom stereocenters. The largest absolute Gasteiger partial charge is 0.463 e. The number of nitrogens with zero attached hydrogens (tertiary/aromatic N) is 2. The van der Waals surface area contributed by atoms with Gasteiger partial charge in [-0.1, -0.05) is 48.5 Å². The highest BCUT2D eigenvalue weighted by molar-refractivity contribution is 6.33. The summed E-state index contributed by atoms with van der Waals surface area (Å²) in [7, 11) is 0. The number of rotatable bonds is 10. The van der Waals surface area contributed by atoms with Crippen LogP contribution in [-0.4, -0.2) is 35.3 Å². The third-order valence-corrected chi connectivity index (χ3v) is 6.53. The van der Waals surface area contributed by atoms with Crippen molar-refractivity contribution >= 4 is 17.8 Å². The SMILES string of the molecule is O=C(NCc1ccccc1OCF)C1(C2CC2)N=CC(Cc2ccc(Cc3ccc[nH]c3=O)cc2)=N1. The molecule has 3 aromatic rings. The molecule has 1 aromatic heterocycles. The summed E-state index contributed by atoms with van der Waals surface area (Å²) in [4.78, 5) is 37.3. The number of pyridine rings is 1. The van der Waals surface area contributed by atoms with Gasteiger partial charge in [-0.15, -0.1) is 0 Å². The number of aromatic amines is 1. The van der Waals surface area contributed by atoms with E-state index in [0.717, 1.165) is 35.2 Å². The lowest BCUT2D eigenvalue weighted by Gasteiger charge is -2.22. The van der Waals surface area contributed by atoms with Gasteiger partial charge in [-0.25, -0.2) is 9.38 Å². The maximum atomic E-state index is 13.3. The van der Waals surface area contributed by atoms with Crippen LogP contribution in [0.2, 0.25) is 0 Å². The number of aliphatic imine (C=N–C) groups is 2. The number of nitrogens with one attached hydrogen (secondary N) is 2. The second-order valence-electron chi connectivity index (χ2n) is 9.10. The molecule has 2 aromatic carbocycles. The third kappa shape index (κ3) is 5.12. The van der Waals surface area contributed by atoms with E-state index in [9.17, 15) is 14.0 Å². The van der Waals surface area contributed by atoms with E-state index in [0.29, 0.717) is 24.2 Å². The number of carbonyl (C=O) groups excluding carboxylic acids is 1. The monoisotopic (exact) mass is 486 g/mol. The van der Waals surface area contributed by atoms with Gasteiger partial charge in [-0.05, 0) is 36.1 Å². The summed E-state index contributed by atoms with van der Waals surface area (Å²) in [5.74, 6) is 0.227. The molecule has 0 spiro atoms. The van der Waals surface area contributed by atoms with Crippen LogP contribution in [0.15, 0.2) is 81.6 Å². The smallest absolute Gasteiger partial charge is 0.270 e. The van der Waals surface area contributed by atoms with Crippen LogP contribution >= 0.6 is 0 Å². The molecule has 1 aliphatic heterocycles. The molecule has 1 saturated carbocycles. The molecule has 7 nitrogen and oxygen atoms in total. The number of hydrogen-bond acceptors (Lipinski definition) is 5. The molecule has 1 amide bonds. The quantitative estimate of drug-likeness (QED) is 0.457. The minimum absolute atomic E-state index is 0.0776. The van der Waals surface area contributed by atoms with Gasteiger partial charge in [0, 0.05) is 48.8 Å². The van der Waals surface area contributed by atoms with E-state index in [4.69, 9.17) is 9.73 Å². The molecule has 36 heavy (non-hydrogen) atoms. The Morgan fingerprint density at radius 1 is 1.03 bits per heavy atom. The average molecular weight is 487 g/mol. The molecule has 0 radical (unpaired) electrons. The Bertz CT molecular complexity index is 1360. The fourth-order valence-corrected chi connectivity index (χ4v) is 4.47. The predicted molar refractivity (Wildman–Crippen MR) is 136 cm³/mol. The van der Waals surface area contributed by atoms with Crippen molar-refractivity contribution in [2.45, 2.75) is 37.9 Å². The van der Waals surface area contributed by atoms with Crippen molar-refractivity contribution in [1.29, 1.82) is 0 Å². The first-order valence-electron chi connectivity index (χ1n) is 12.0. The highest BCUT2D eigenvalue weighted by Gasteiger charge is 2.52. The Hall–Kier alpha value is -4.07. The van der Waals surface area contributed by atoms with Crippen LogP contribution in [0, 0.1) is 5.92 Å². The molecule has 0 bridgehead atoms. The first-order chi connectivity index (χ1) is 17.6. The Labute approximate surface area is 208 Å². The number of alkyl halides is 1. The minimum atomic E-state index is -1.14. The Kier molecular flexibility index (Phi) is 6.75.